The number of hydrogen-bond donors (Lipinski definition) is 1. The fraction of sp³-hybridized carbons (Fsp3) is 0.462. The van der Waals surface area contributed by atoms with Crippen LogP contribution in [0.4, 0.5) is 4.39 Å². The zero-order chi connectivity index (χ0) is 15.6. The molecule has 21 heavy (non-hydrogen) atoms. The van der Waals surface area contributed by atoms with Gasteiger partial charge in [-0.05, 0) is 25.1 Å². The summed E-state index contributed by atoms with van der Waals surface area (Å²) in [6.07, 6.45) is 0. The van der Waals surface area contributed by atoms with E-state index in [1.165, 1.54) is 6.07 Å². The highest BCUT2D eigenvalue weighted by atomic mass is 35.5. The van der Waals surface area contributed by atoms with Crippen LogP contribution in [0.2, 0.25) is 5.02 Å². The van der Waals surface area contributed by atoms with Crippen molar-refractivity contribution in [3.05, 3.63) is 44.7 Å². The summed E-state index contributed by atoms with van der Waals surface area (Å²) in [7, 11) is 0. The maximum Gasteiger partial charge on any atom is 0.318 e. The zero-order valence-corrected chi connectivity index (χ0v) is 12.0. The highest BCUT2D eigenvalue weighted by Gasteiger charge is 2.60. The topological polar surface area (TPSA) is 81.5 Å². The highest BCUT2D eigenvalue weighted by molar-refractivity contribution is 6.31. The summed E-state index contributed by atoms with van der Waals surface area (Å²) in [5, 5.41) is 14.5. The molecule has 0 radical (unpaired) electrons. The lowest BCUT2D eigenvalue weighted by Crippen LogP contribution is -2.47. The average molecular weight is 317 g/mol. The molecule has 2 atom stereocenters. The number of nitrogens with zero attached hydrogens (tertiary/aromatic N) is 1. The van der Waals surface area contributed by atoms with Gasteiger partial charge in [-0.25, -0.2) is 4.39 Å². The van der Waals surface area contributed by atoms with Gasteiger partial charge in [0.25, 0.3) is 5.54 Å². The van der Waals surface area contributed by atoms with Crippen LogP contribution in [0.3, 0.4) is 0 Å². The van der Waals surface area contributed by atoms with Gasteiger partial charge in [0.05, 0.1) is 23.7 Å². The fourth-order valence-corrected chi connectivity index (χ4v) is 2.90. The molecular formula is C13H14ClFN2O4. The van der Waals surface area contributed by atoms with E-state index in [1.807, 2.05) is 0 Å². The third-order valence-electron chi connectivity index (χ3n) is 3.61. The van der Waals surface area contributed by atoms with Crippen molar-refractivity contribution in [1.82, 2.24) is 5.32 Å². The van der Waals surface area contributed by atoms with Crippen molar-refractivity contribution in [1.29, 1.82) is 0 Å². The first-order chi connectivity index (χ1) is 9.93. The quantitative estimate of drug-likeness (QED) is 0.520. The lowest BCUT2D eigenvalue weighted by molar-refractivity contribution is -0.580. The van der Waals surface area contributed by atoms with Gasteiger partial charge >= 0.3 is 5.97 Å². The Hall–Kier alpha value is -1.73. The van der Waals surface area contributed by atoms with E-state index in [2.05, 4.69) is 5.32 Å². The van der Waals surface area contributed by atoms with Crippen molar-refractivity contribution in [3.8, 4) is 0 Å². The third kappa shape index (κ3) is 2.58. The van der Waals surface area contributed by atoms with Crippen molar-refractivity contribution in [2.45, 2.75) is 12.5 Å². The standard InChI is InChI=1S/C13H14ClFN2O4/c1-2-21-12(18)10-6-16-7-13(10,17(19)20)9-5-8(15)3-4-11(9)14/h3-5,10,16H,2,6-7H2,1H3/t10-,13-/m1/s1. The van der Waals surface area contributed by atoms with Crippen molar-refractivity contribution in [2.24, 2.45) is 5.92 Å². The van der Waals surface area contributed by atoms with Gasteiger partial charge in [-0.1, -0.05) is 11.6 Å². The van der Waals surface area contributed by atoms with Gasteiger partial charge in [-0.2, -0.15) is 0 Å². The molecule has 0 saturated carbocycles. The summed E-state index contributed by atoms with van der Waals surface area (Å²) >= 11 is 6.01. The number of benzene rings is 1. The van der Waals surface area contributed by atoms with Crippen LogP contribution < -0.4 is 5.32 Å². The van der Waals surface area contributed by atoms with Gasteiger partial charge in [-0.3, -0.25) is 14.9 Å². The Morgan fingerprint density at radius 3 is 3.00 bits per heavy atom. The lowest BCUT2D eigenvalue weighted by Gasteiger charge is -2.26. The van der Waals surface area contributed by atoms with E-state index in [4.69, 9.17) is 16.3 Å². The van der Waals surface area contributed by atoms with Gasteiger partial charge in [0.2, 0.25) is 0 Å². The number of carbonyl (C=O) groups excluding carboxylic acids is 1. The minimum atomic E-state index is -1.83. The summed E-state index contributed by atoms with van der Waals surface area (Å²) in [4.78, 5) is 23.1. The van der Waals surface area contributed by atoms with Crippen LogP contribution in [0.5, 0.6) is 0 Å². The molecule has 8 heteroatoms. The van der Waals surface area contributed by atoms with E-state index >= 15 is 0 Å². The molecule has 0 amide bonds. The van der Waals surface area contributed by atoms with E-state index in [9.17, 15) is 19.3 Å². The number of esters is 1. The first-order valence-electron chi connectivity index (χ1n) is 6.41. The number of rotatable bonds is 4. The number of ether oxygens (including phenoxy) is 1. The van der Waals surface area contributed by atoms with Crippen LogP contribution in [-0.4, -0.2) is 30.6 Å². The maximum absolute atomic E-state index is 13.5. The third-order valence-corrected chi connectivity index (χ3v) is 3.94. The first-order valence-corrected chi connectivity index (χ1v) is 6.78. The van der Waals surface area contributed by atoms with Crippen LogP contribution in [0.25, 0.3) is 0 Å². The molecule has 0 unspecified atom stereocenters. The predicted molar refractivity (Wildman–Crippen MR) is 73.1 cm³/mol. The molecule has 1 aliphatic heterocycles. The van der Waals surface area contributed by atoms with Crippen LogP contribution >= 0.6 is 11.6 Å². The molecule has 1 heterocycles. The van der Waals surface area contributed by atoms with Crippen LogP contribution in [0.15, 0.2) is 18.2 Å². The molecule has 0 bridgehead atoms. The number of halogens is 2. The minimum Gasteiger partial charge on any atom is -0.466 e. The van der Waals surface area contributed by atoms with Crippen molar-refractivity contribution >= 4 is 17.6 Å². The average Bonchev–Trinajstić information content (AvgIpc) is 2.87. The number of nitrogens with one attached hydrogen (secondary N) is 1. The van der Waals surface area contributed by atoms with Crippen LogP contribution in [0.1, 0.15) is 12.5 Å². The Labute approximate surface area is 125 Å². The van der Waals surface area contributed by atoms with Gasteiger partial charge < -0.3 is 10.1 Å². The molecule has 2 rings (SSSR count). The first kappa shape index (κ1) is 15.7. The van der Waals surface area contributed by atoms with E-state index in [1.54, 1.807) is 6.92 Å². The largest absolute Gasteiger partial charge is 0.466 e. The van der Waals surface area contributed by atoms with Gasteiger partial charge in [0.15, 0.2) is 0 Å². The van der Waals surface area contributed by atoms with Crippen LogP contribution in [-0.2, 0) is 15.1 Å². The Morgan fingerprint density at radius 1 is 1.67 bits per heavy atom. The van der Waals surface area contributed by atoms with Crippen molar-refractivity contribution in [2.75, 3.05) is 19.7 Å². The maximum atomic E-state index is 13.5. The second-order valence-corrected chi connectivity index (χ2v) is 5.15. The molecule has 1 aromatic rings. The smallest absolute Gasteiger partial charge is 0.318 e. The minimum absolute atomic E-state index is 0.0165. The highest BCUT2D eigenvalue weighted by Crippen LogP contribution is 2.40. The molecule has 1 saturated heterocycles. The molecule has 114 valence electrons. The van der Waals surface area contributed by atoms with Crippen LogP contribution in [0, 0.1) is 21.8 Å². The molecule has 0 spiro atoms. The summed E-state index contributed by atoms with van der Waals surface area (Å²) in [6.45, 7) is 1.68. The Bertz CT molecular complexity index is 583. The number of carbonyl (C=O) groups is 1. The second-order valence-electron chi connectivity index (χ2n) is 4.74. The number of hydrogen-bond acceptors (Lipinski definition) is 5. The Balaban J connectivity index is 2.57. The van der Waals surface area contributed by atoms with E-state index < -0.39 is 28.2 Å². The van der Waals surface area contributed by atoms with E-state index in [-0.39, 0.29) is 30.3 Å². The van der Waals surface area contributed by atoms with Crippen molar-refractivity contribution in [3.63, 3.8) is 0 Å². The second kappa shape index (κ2) is 5.95. The van der Waals surface area contributed by atoms with Crippen molar-refractivity contribution < 1.29 is 18.8 Å². The summed E-state index contributed by atoms with van der Waals surface area (Å²) in [5.74, 6) is -2.41. The Morgan fingerprint density at radius 2 is 2.38 bits per heavy atom. The normalized spacial score (nSPS) is 24.8. The van der Waals surface area contributed by atoms with E-state index in [0.717, 1.165) is 12.1 Å². The monoisotopic (exact) mass is 316 g/mol. The molecule has 1 aromatic carbocycles. The fourth-order valence-electron chi connectivity index (χ4n) is 2.62. The molecule has 1 N–H and O–H groups in total. The van der Waals surface area contributed by atoms with E-state index in [0.29, 0.717) is 0 Å². The molecule has 1 aliphatic rings. The number of nitro groups is 1. The zero-order valence-electron chi connectivity index (χ0n) is 11.3. The summed E-state index contributed by atoms with van der Waals surface area (Å²) < 4.78 is 18.4. The Kier molecular flexibility index (Phi) is 4.43. The summed E-state index contributed by atoms with van der Waals surface area (Å²) in [6, 6.07) is 3.36. The van der Waals surface area contributed by atoms with Gasteiger partial charge in [0, 0.05) is 11.5 Å². The molecule has 0 aliphatic carbocycles. The molecule has 0 aromatic heterocycles. The molecule has 6 nitrogen and oxygen atoms in total. The molecule has 1 fully saturated rings. The summed E-state index contributed by atoms with van der Waals surface area (Å²) in [5.41, 5.74) is -1.84. The van der Waals surface area contributed by atoms with Gasteiger partial charge in [-0.15, -0.1) is 0 Å². The SMILES string of the molecule is CCOC(=O)[C@H]1CNC[C@]1(c1cc(F)ccc1Cl)[N+](=O)[O-]. The lowest BCUT2D eigenvalue weighted by atomic mass is 9.81. The van der Waals surface area contributed by atoms with Gasteiger partial charge in [0.1, 0.15) is 11.7 Å². The molecular weight excluding hydrogens is 303 g/mol. The predicted octanol–water partition coefficient (Wildman–Crippen LogP) is 1.73.